The van der Waals surface area contributed by atoms with Crippen LogP contribution in [0.1, 0.15) is 16.7 Å². The number of rotatable bonds is 8. The van der Waals surface area contributed by atoms with E-state index in [2.05, 4.69) is 44.7 Å². The molecule has 2 heterocycles. The molecule has 1 unspecified atom stereocenters. The van der Waals surface area contributed by atoms with Gasteiger partial charge in [-0.05, 0) is 28.8 Å². The zero-order chi connectivity index (χ0) is 21.6. The number of nitrogens with zero attached hydrogens (tertiary/aromatic N) is 3. The number of primary amides is 1. The Hall–Kier alpha value is -3.23. The molecule has 31 heavy (non-hydrogen) atoms. The van der Waals surface area contributed by atoms with Gasteiger partial charge in [0.1, 0.15) is 11.8 Å². The molecule has 8 nitrogen and oxygen atoms in total. The van der Waals surface area contributed by atoms with Crippen LogP contribution in [0.2, 0.25) is 0 Å². The van der Waals surface area contributed by atoms with Crippen LogP contribution >= 0.6 is 0 Å². The molecular formula is C23H27N5O3. The second-order valence-electron chi connectivity index (χ2n) is 7.79. The van der Waals surface area contributed by atoms with Crippen molar-refractivity contribution in [2.24, 2.45) is 16.0 Å². The molecule has 8 heteroatoms. The molecule has 2 aromatic carbocycles. The first-order chi connectivity index (χ1) is 15.1. The quantitative estimate of drug-likeness (QED) is 0.604. The lowest BCUT2D eigenvalue weighted by atomic mass is 9.98. The molecule has 162 valence electrons. The van der Waals surface area contributed by atoms with Crippen LogP contribution < -0.4 is 11.1 Å². The number of ether oxygens (including phenoxy) is 1. The first kappa shape index (κ1) is 21.0. The molecule has 4 N–H and O–H groups in total. The third-order valence-electron chi connectivity index (χ3n) is 5.51. The number of hydrogen-bond acceptors (Lipinski definition) is 7. The number of amides is 1. The van der Waals surface area contributed by atoms with Crippen LogP contribution in [-0.2, 0) is 29.0 Å². The van der Waals surface area contributed by atoms with Crippen LogP contribution in [0.4, 0.5) is 0 Å². The topological polar surface area (TPSA) is 113 Å². The second kappa shape index (κ2) is 9.72. The molecule has 2 aliphatic rings. The number of morpholine rings is 1. The van der Waals surface area contributed by atoms with Gasteiger partial charge in [-0.1, -0.05) is 36.4 Å². The van der Waals surface area contributed by atoms with Crippen molar-refractivity contribution in [2.45, 2.75) is 25.6 Å². The molecule has 1 saturated heterocycles. The maximum absolute atomic E-state index is 12.1. The first-order valence-electron chi connectivity index (χ1n) is 10.4. The average Bonchev–Trinajstić information content (AvgIpc) is 3.18. The summed E-state index contributed by atoms with van der Waals surface area (Å²) >= 11 is 0. The number of benzene rings is 2. The highest BCUT2D eigenvalue weighted by atomic mass is 16.5. The molecule has 0 aromatic heterocycles. The molecular weight excluding hydrogens is 394 g/mol. The van der Waals surface area contributed by atoms with Gasteiger partial charge in [0.2, 0.25) is 0 Å². The predicted molar refractivity (Wildman–Crippen MR) is 116 cm³/mol. The Morgan fingerprint density at radius 3 is 2.39 bits per heavy atom. The number of phenols is 1. The number of aromatic hydroxyl groups is 1. The minimum Gasteiger partial charge on any atom is -0.508 e. The SMILES string of the molecule is NC(=O)C1=C(NCc2ccc(O)cc2)N=NC1Cc1ccc(CN2CCOCC2)cc1. The van der Waals surface area contributed by atoms with Crippen LogP contribution in [0, 0.1) is 0 Å². The number of phenolic OH excluding ortho intramolecular Hbond substituents is 1. The van der Waals surface area contributed by atoms with Crippen molar-refractivity contribution in [3.8, 4) is 5.75 Å². The van der Waals surface area contributed by atoms with Crippen LogP contribution in [0.3, 0.4) is 0 Å². The summed E-state index contributed by atoms with van der Waals surface area (Å²) in [5.74, 6) is 0.0963. The van der Waals surface area contributed by atoms with Gasteiger partial charge < -0.3 is 20.9 Å². The normalized spacial score (nSPS) is 19.0. The Morgan fingerprint density at radius 2 is 1.71 bits per heavy atom. The van der Waals surface area contributed by atoms with E-state index in [1.165, 1.54) is 5.56 Å². The van der Waals surface area contributed by atoms with Crippen LogP contribution in [0.5, 0.6) is 5.75 Å². The van der Waals surface area contributed by atoms with Gasteiger partial charge in [0.05, 0.1) is 18.8 Å². The molecule has 1 atom stereocenters. The third kappa shape index (κ3) is 5.48. The lowest BCUT2D eigenvalue weighted by molar-refractivity contribution is -0.114. The van der Waals surface area contributed by atoms with Gasteiger partial charge in [-0.3, -0.25) is 9.69 Å². The maximum atomic E-state index is 12.1. The van der Waals surface area contributed by atoms with E-state index >= 15 is 0 Å². The van der Waals surface area contributed by atoms with Crippen molar-refractivity contribution in [2.75, 3.05) is 26.3 Å². The minimum absolute atomic E-state index is 0.206. The molecule has 4 rings (SSSR count). The van der Waals surface area contributed by atoms with Crippen LogP contribution in [0.25, 0.3) is 0 Å². The van der Waals surface area contributed by atoms with E-state index in [9.17, 15) is 9.90 Å². The van der Waals surface area contributed by atoms with Gasteiger partial charge in [0.25, 0.3) is 5.91 Å². The van der Waals surface area contributed by atoms with E-state index in [4.69, 9.17) is 10.5 Å². The van der Waals surface area contributed by atoms with E-state index in [1.54, 1.807) is 24.3 Å². The van der Waals surface area contributed by atoms with Gasteiger partial charge >= 0.3 is 0 Å². The van der Waals surface area contributed by atoms with Crippen molar-refractivity contribution < 1.29 is 14.6 Å². The fourth-order valence-corrected chi connectivity index (χ4v) is 3.77. The monoisotopic (exact) mass is 421 g/mol. The average molecular weight is 422 g/mol. The summed E-state index contributed by atoms with van der Waals surface area (Å²) in [5.41, 5.74) is 9.32. The van der Waals surface area contributed by atoms with Crippen molar-refractivity contribution in [1.82, 2.24) is 10.2 Å². The Bertz CT molecular complexity index is 964. The predicted octanol–water partition coefficient (Wildman–Crippen LogP) is 2.09. The summed E-state index contributed by atoms with van der Waals surface area (Å²) in [7, 11) is 0. The molecule has 1 fully saturated rings. The number of nitrogens with two attached hydrogens (primary N) is 1. The Balaban J connectivity index is 1.38. The maximum Gasteiger partial charge on any atom is 0.250 e. The summed E-state index contributed by atoms with van der Waals surface area (Å²) in [5, 5.41) is 21.0. The highest BCUT2D eigenvalue weighted by Gasteiger charge is 2.28. The minimum atomic E-state index is -0.521. The van der Waals surface area contributed by atoms with Crippen molar-refractivity contribution in [3.05, 3.63) is 76.6 Å². The van der Waals surface area contributed by atoms with E-state index < -0.39 is 11.9 Å². The molecule has 2 aliphatic heterocycles. The lowest BCUT2D eigenvalue weighted by Gasteiger charge is -2.26. The second-order valence-corrected chi connectivity index (χ2v) is 7.79. The number of carbonyl (C=O) groups excluding carboxylic acids is 1. The third-order valence-corrected chi connectivity index (χ3v) is 5.51. The Labute approximate surface area is 181 Å². The fraction of sp³-hybridized carbons (Fsp3) is 0.348. The van der Waals surface area contributed by atoms with E-state index in [1.807, 2.05) is 0 Å². The van der Waals surface area contributed by atoms with Crippen LogP contribution in [0.15, 0.2) is 70.2 Å². The lowest BCUT2D eigenvalue weighted by Crippen LogP contribution is -2.35. The molecule has 2 aromatic rings. The first-order valence-corrected chi connectivity index (χ1v) is 10.4. The molecule has 0 saturated carbocycles. The van der Waals surface area contributed by atoms with Crippen molar-refractivity contribution in [3.63, 3.8) is 0 Å². The zero-order valence-electron chi connectivity index (χ0n) is 17.3. The Morgan fingerprint density at radius 1 is 1.06 bits per heavy atom. The van der Waals surface area contributed by atoms with Crippen molar-refractivity contribution in [1.29, 1.82) is 0 Å². The summed E-state index contributed by atoms with van der Waals surface area (Å²) in [4.78, 5) is 14.5. The van der Waals surface area contributed by atoms with Gasteiger partial charge in [0.15, 0.2) is 5.82 Å². The van der Waals surface area contributed by atoms with Crippen molar-refractivity contribution >= 4 is 5.91 Å². The Kier molecular flexibility index (Phi) is 6.59. The smallest absolute Gasteiger partial charge is 0.250 e. The summed E-state index contributed by atoms with van der Waals surface area (Å²) < 4.78 is 5.40. The van der Waals surface area contributed by atoms with Gasteiger partial charge in [-0.25, -0.2) is 0 Å². The van der Waals surface area contributed by atoms with E-state index in [0.717, 1.165) is 44.0 Å². The number of carbonyl (C=O) groups is 1. The number of nitrogens with one attached hydrogen (secondary N) is 1. The highest BCUT2D eigenvalue weighted by Crippen LogP contribution is 2.24. The summed E-state index contributed by atoms with van der Waals surface area (Å²) in [6.45, 7) is 4.85. The van der Waals surface area contributed by atoms with Gasteiger partial charge in [-0.2, -0.15) is 5.11 Å². The number of azo groups is 1. The fourth-order valence-electron chi connectivity index (χ4n) is 3.77. The summed E-state index contributed by atoms with van der Waals surface area (Å²) in [6, 6.07) is 14.8. The molecule has 0 radical (unpaired) electrons. The molecule has 1 amide bonds. The molecule has 0 bridgehead atoms. The molecule has 0 spiro atoms. The molecule has 0 aliphatic carbocycles. The zero-order valence-corrected chi connectivity index (χ0v) is 17.3. The standard InChI is InChI=1S/C23H27N5O3/c24-22(30)21-20(26-27-23(21)25-14-17-5-7-19(29)8-6-17)13-16-1-3-18(4-2-16)15-28-9-11-31-12-10-28/h1-8,20,25,29H,9-15H2,(H2,24,30). The van der Waals surface area contributed by atoms with E-state index in [-0.39, 0.29) is 5.75 Å². The number of hydrogen-bond donors (Lipinski definition) is 3. The largest absolute Gasteiger partial charge is 0.508 e. The van der Waals surface area contributed by atoms with E-state index in [0.29, 0.717) is 24.4 Å². The summed E-state index contributed by atoms with van der Waals surface area (Å²) in [6.07, 6.45) is 0.560. The van der Waals surface area contributed by atoms with Gasteiger partial charge in [0, 0.05) is 32.6 Å². The van der Waals surface area contributed by atoms with Gasteiger partial charge in [-0.15, -0.1) is 5.11 Å². The highest BCUT2D eigenvalue weighted by molar-refractivity contribution is 5.94. The van der Waals surface area contributed by atoms with Crippen LogP contribution in [-0.4, -0.2) is 48.3 Å².